The molecule has 0 fully saturated rings. The van der Waals surface area contributed by atoms with Gasteiger partial charge in [-0.25, -0.2) is 9.98 Å². The third kappa shape index (κ3) is 2.74. The maximum atomic E-state index is 4.65. The zero-order chi connectivity index (χ0) is 12.8. The predicted octanol–water partition coefficient (Wildman–Crippen LogP) is 2.16. The number of rotatable bonds is 3. The van der Waals surface area contributed by atoms with Gasteiger partial charge >= 0.3 is 0 Å². The summed E-state index contributed by atoms with van der Waals surface area (Å²) in [7, 11) is 0. The first-order chi connectivity index (χ1) is 8.85. The van der Waals surface area contributed by atoms with Crippen LogP contribution >= 0.6 is 0 Å². The molecule has 0 aliphatic rings. The van der Waals surface area contributed by atoms with Crippen LogP contribution in [0.4, 0.5) is 5.69 Å². The Labute approximate surface area is 107 Å². The molecule has 0 aliphatic heterocycles. The van der Waals surface area contributed by atoms with Crippen LogP contribution in [0.15, 0.2) is 48.0 Å². The van der Waals surface area contributed by atoms with Crippen LogP contribution in [-0.4, -0.2) is 38.7 Å². The Balaban J connectivity index is 2.39. The highest BCUT2D eigenvalue weighted by molar-refractivity contribution is 5.83. The van der Waals surface area contributed by atoms with Gasteiger partial charge in [-0.15, -0.1) is 0 Å². The summed E-state index contributed by atoms with van der Waals surface area (Å²) in [6.07, 6.45) is 3.18. The molecule has 0 atom stereocenters. The van der Waals surface area contributed by atoms with Gasteiger partial charge in [0.25, 0.3) is 0 Å². The lowest BCUT2D eigenvalue weighted by atomic mass is 10.3. The van der Waals surface area contributed by atoms with E-state index < -0.39 is 0 Å². The van der Waals surface area contributed by atoms with Crippen molar-refractivity contribution in [1.29, 1.82) is 0 Å². The van der Waals surface area contributed by atoms with E-state index in [0.29, 0.717) is 0 Å². The van der Waals surface area contributed by atoms with Gasteiger partial charge < -0.3 is 4.90 Å². The van der Waals surface area contributed by atoms with Crippen LogP contribution < -0.4 is 0 Å². The SMILES string of the molecule is CCN(CC)C(=Nc1ccccc1)n1cncn1. The Morgan fingerprint density at radius 1 is 1.22 bits per heavy atom. The average Bonchev–Trinajstić information content (AvgIpc) is 2.94. The Kier molecular flexibility index (Phi) is 4.06. The number of para-hydroxylation sites is 1. The molecule has 0 saturated carbocycles. The molecular weight excluding hydrogens is 226 g/mol. The second kappa shape index (κ2) is 5.95. The molecule has 94 valence electrons. The summed E-state index contributed by atoms with van der Waals surface area (Å²) >= 11 is 0. The minimum Gasteiger partial charge on any atom is -0.341 e. The number of benzene rings is 1. The van der Waals surface area contributed by atoms with Crippen LogP contribution in [-0.2, 0) is 0 Å². The fourth-order valence-corrected chi connectivity index (χ4v) is 1.70. The molecule has 2 aromatic rings. The fourth-order valence-electron chi connectivity index (χ4n) is 1.70. The summed E-state index contributed by atoms with van der Waals surface area (Å²) in [5.41, 5.74) is 0.912. The Morgan fingerprint density at radius 2 is 1.94 bits per heavy atom. The third-order valence-corrected chi connectivity index (χ3v) is 2.66. The van der Waals surface area contributed by atoms with Gasteiger partial charge in [-0.2, -0.15) is 9.78 Å². The van der Waals surface area contributed by atoms with Crippen molar-refractivity contribution >= 4 is 11.6 Å². The minimum atomic E-state index is 0.795. The molecule has 2 rings (SSSR count). The second-order valence-corrected chi connectivity index (χ2v) is 3.76. The van der Waals surface area contributed by atoms with Gasteiger partial charge in [0, 0.05) is 13.1 Å². The van der Waals surface area contributed by atoms with Gasteiger partial charge in [0.1, 0.15) is 12.7 Å². The van der Waals surface area contributed by atoms with Crippen molar-refractivity contribution in [2.45, 2.75) is 13.8 Å². The molecule has 5 heteroatoms. The summed E-state index contributed by atoms with van der Waals surface area (Å²) in [5, 5.41) is 4.16. The summed E-state index contributed by atoms with van der Waals surface area (Å²) in [6, 6.07) is 9.87. The largest absolute Gasteiger partial charge is 0.341 e. The first kappa shape index (κ1) is 12.3. The molecule has 0 amide bonds. The summed E-state index contributed by atoms with van der Waals surface area (Å²) < 4.78 is 1.69. The monoisotopic (exact) mass is 243 g/mol. The van der Waals surface area contributed by atoms with E-state index in [-0.39, 0.29) is 0 Å². The number of nitrogens with zero attached hydrogens (tertiary/aromatic N) is 5. The van der Waals surface area contributed by atoms with Crippen LogP contribution in [0.1, 0.15) is 13.8 Å². The molecule has 1 aromatic heterocycles. The highest BCUT2D eigenvalue weighted by atomic mass is 15.4. The van der Waals surface area contributed by atoms with Gasteiger partial charge in [0.2, 0.25) is 5.96 Å². The lowest BCUT2D eigenvalue weighted by Gasteiger charge is -2.22. The van der Waals surface area contributed by atoms with E-state index in [0.717, 1.165) is 24.7 Å². The summed E-state index contributed by atoms with van der Waals surface area (Å²) in [6.45, 7) is 5.95. The molecule has 18 heavy (non-hydrogen) atoms. The van der Waals surface area contributed by atoms with Gasteiger partial charge in [-0.1, -0.05) is 18.2 Å². The predicted molar refractivity (Wildman–Crippen MR) is 71.9 cm³/mol. The topological polar surface area (TPSA) is 46.3 Å². The van der Waals surface area contributed by atoms with Crippen LogP contribution in [0.25, 0.3) is 0 Å². The van der Waals surface area contributed by atoms with Crippen molar-refractivity contribution < 1.29 is 0 Å². The van der Waals surface area contributed by atoms with E-state index >= 15 is 0 Å². The molecule has 1 heterocycles. The van der Waals surface area contributed by atoms with Crippen LogP contribution in [0.2, 0.25) is 0 Å². The van der Waals surface area contributed by atoms with E-state index in [1.54, 1.807) is 11.0 Å². The first-order valence-corrected chi connectivity index (χ1v) is 6.08. The molecule has 0 N–H and O–H groups in total. The van der Waals surface area contributed by atoms with E-state index in [1.807, 2.05) is 30.3 Å². The Bertz CT molecular complexity index is 485. The molecular formula is C13H17N5. The highest BCUT2D eigenvalue weighted by Gasteiger charge is 2.10. The van der Waals surface area contributed by atoms with Gasteiger partial charge in [-0.3, -0.25) is 0 Å². The van der Waals surface area contributed by atoms with Gasteiger partial charge in [0.15, 0.2) is 0 Å². The van der Waals surface area contributed by atoms with E-state index in [1.165, 1.54) is 6.33 Å². The smallest absolute Gasteiger partial charge is 0.228 e. The quantitative estimate of drug-likeness (QED) is 0.613. The van der Waals surface area contributed by atoms with Crippen LogP contribution in [0.3, 0.4) is 0 Å². The van der Waals surface area contributed by atoms with Crippen molar-refractivity contribution in [2.75, 3.05) is 13.1 Å². The van der Waals surface area contributed by atoms with Crippen LogP contribution in [0, 0.1) is 0 Å². The lowest BCUT2D eigenvalue weighted by Crippen LogP contribution is -2.36. The van der Waals surface area contributed by atoms with Crippen LogP contribution in [0.5, 0.6) is 0 Å². The highest BCUT2D eigenvalue weighted by Crippen LogP contribution is 2.11. The number of hydrogen-bond acceptors (Lipinski definition) is 3. The van der Waals surface area contributed by atoms with Gasteiger partial charge in [0.05, 0.1) is 5.69 Å². The minimum absolute atomic E-state index is 0.795. The Morgan fingerprint density at radius 3 is 2.50 bits per heavy atom. The lowest BCUT2D eigenvalue weighted by molar-refractivity contribution is 0.444. The van der Waals surface area contributed by atoms with Crippen molar-refractivity contribution in [2.24, 2.45) is 4.99 Å². The van der Waals surface area contributed by atoms with Crippen molar-refractivity contribution in [1.82, 2.24) is 19.7 Å². The second-order valence-electron chi connectivity index (χ2n) is 3.76. The van der Waals surface area contributed by atoms with E-state index in [4.69, 9.17) is 0 Å². The van der Waals surface area contributed by atoms with E-state index in [2.05, 4.69) is 33.8 Å². The third-order valence-electron chi connectivity index (χ3n) is 2.66. The number of hydrogen-bond donors (Lipinski definition) is 0. The zero-order valence-corrected chi connectivity index (χ0v) is 10.7. The summed E-state index contributed by atoms with van der Waals surface area (Å²) in [5.74, 6) is 0.795. The van der Waals surface area contributed by atoms with Crippen molar-refractivity contribution in [3.8, 4) is 0 Å². The Hall–Kier alpha value is -2.17. The molecule has 5 nitrogen and oxygen atoms in total. The number of aliphatic imine (C=N–C) groups is 1. The normalized spacial score (nSPS) is 11.6. The van der Waals surface area contributed by atoms with Gasteiger partial charge in [-0.05, 0) is 26.0 Å². The molecule has 0 radical (unpaired) electrons. The average molecular weight is 243 g/mol. The first-order valence-electron chi connectivity index (χ1n) is 6.08. The number of aromatic nitrogens is 3. The molecule has 0 saturated heterocycles. The van der Waals surface area contributed by atoms with Crippen molar-refractivity contribution in [3.63, 3.8) is 0 Å². The molecule has 0 bridgehead atoms. The molecule has 0 aliphatic carbocycles. The van der Waals surface area contributed by atoms with Crippen molar-refractivity contribution in [3.05, 3.63) is 43.0 Å². The molecule has 1 aromatic carbocycles. The molecule has 0 spiro atoms. The summed E-state index contributed by atoms with van der Waals surface area (Å²) in [4.78, 5) is 10.8. The maximum absolute atomic E-state index is 4.65. The maximum Gasteiger partial charge on any atom is 0.228 e. The fraction of sp³-hybridized carbons (Fsp3) is 0.308. The zero-order valence-electron chi connectivity index (χ0n) is 10.7. The van der Waals surface area contributed by atoms with E-state index in [9.17, 15) is 0 Å². The standard InChI is InChI=1S/C13H17N5/c1-3-17(4-2)13(18-11-14-10-15-18)16-12-8-6-5-7-9-12/h5-11H,3-4H2,1-2H3. The molecule has 0 unspecified atom stereocenters.